The van der Waals surface area contributed by atoms with E-state index in [1.165, 1.54) is 16.9 Å². The highest BCUT2D eigenvalue weighted by Gasteiger charge is 2.33. The van der Waals surface area contributed by atoms with E-state index in [1.54, 1.807) is 55.6 Å². The zero-order valence-corrected chi connectivity index (χ0v) is 19.5. The van der Waals surface area contributed by atoms with Crippen LogP contribution in [0.15, 0.2) is 79.7 Å². The number of para-hydroxylation sites is 2. The van der Waals surface area contributed by atoms with Crippen LogP contribution in [0.25, 0.3) is 27.6 Å². The number of aryl methyl sites for hydroxylation is 1. The Hall–Kier alpha value is -4.70. The Labute approximate surface area is 206 Å². The number of pyridine rings is 1. The number of nitrogens with zero attached hydrogens (tertiary/aromatic N) is 1. The van der Waals surface area contributed by atoms with Crippen molar-refractivity contribution in [3.05, 3.63) is 113 Å². The summed E-state index contributed by atoms with van der Waals surface area (Å²) in [6.07, 6.45) is 2.75. The maximum atomic E-state index is 13.4. The number of allylic oxidation sites excluding steroid dienone is 1. The lowest BCUT2D eigenvalue weighted by Crippen LogP contribution is -2.28. The summed E-state index contributed by atoms with van der Waals surface area (Å²) in [5.74, 6) is -1.31. The number of aromatic amines is 2. The summed E-state index contributed by atoms with van der Waals surface area (Å²) >= 11 is 5.11. The largest absolute Gasteiger partial charge is 0.506 e. The van der Waals surface area contributed by atoms with Crippen molar-refractivity contribution in [1.82, 2.24) is 14.5 Å². The summed E-state index contributed by atoms with van der Waals surface area (Å²) < 4.78 is 13.0. The number of hydrogen-bond donors (Lipinski definition) is 3. The molecule has 10 heteroatoms. The second kappa shape index (κ2) is 7.92. The van der Waals surface area contributed by atoms with E-state index in [1.807, 2.05) is 0 Å². The fraction of sp³-hybridized carbons (Fsp3) is 0.0769. The average molecular weight is 500 g/mol. The van der Waals surface area contributed by atoms with Gasteiger partial charge < -0.3 is 23.8 Å². The Balaban J connectivity index is 1.68. The minimum Gasteiger partial charge on any atom is -0.506 e. The van der Waals surface area contributed by atoms with Gasteiger partial charge in [-0.2, -0.15) is 0 Å². The molecule has 6 rings (SSSR count). The van der Waals surface area contributed by atoms with Gasteiger partial charge >= 0.3 is 0 Å². The third-order valence-corrected chi connectivity index (χ3v) is 6.55. The molecule has 1 atom stereocenters. The number of ether oxygens (including phenoxy) is 1. The Kier molecular flexibility index (Phi) is 4.80. The first kappa shape index (κ1) is 21.8. The van der Waals surface area contributed by atoms with Crippen LogP contribution in [0.5, 0.6) is 11.6 Å². The molecule has 0 bridgehead atoms. The van der Waals surface area contributed by atoms with Crippen LogP contribution in [0.3, 0.4) is 0 Å². The van der Waals surface area contributed by atoms with Crippen molar-refractivity contribution >= 4 is 39.8 Å². The van der Waals surface area contributed by atoms with Crippen LogP contribution in [0.1, 0.15) is 22.6 Å². The first-order valence-corrected chi connectivity index (χ1v) is 11.3. The number of nitrogens with one attached hydrogen (secondary N) is 2. The SMILES string of the molecule is Cn1c(=O)c(C2=CC(c3coc4ccccc4c3=O)c3c([nH]c(=S)[nH]c3=O)O2)c(O)c2ccccc21. The number of aromatic hydroxyl groups is 1. The van der Waals surface area contributed by atoms with E-state index < -0.39 is 17.0 Å². The van der Waals surface area contributed by atoms with Crippen molar-refractivity contribution in [2.45, 2.75) is 5.92 Å². The van der Waals surface area contributed by atoms with Crippen molar-refractivity contribution in [3.63, 3.8) is 0 Å². The molecule has 1 aliphatic rings. The van der Waals surface area contributed by atoms with Crippen molar-refractivity contribution in [2.24, 2.45) is 7.05 Å². The zero-order chi connectivity index (χ0) is 25.1. The van der Waals surface area contributed by atoms with E-state index in [4.69, 9.17) is 21.4 Å². The predicted molar refractivity (Wildman–Crippen MR) is 136 cm³/mol. The first-order chi connectivity index (χ1) is 17.3. The van der Waals surface area contributed by atoms with Gasteiger partial charge in [-0.25, -0.2) is 0 Å². The summed E-state index contributed by atoms with van der Waals surface area (Å²) in [6, 6.07) is 13.6. The smallest absolute Gasteiger partial charge is 0.265 e. The summed E-state index contributed by atoms with van der Waals surface area (Å²) in [7, 11) is 1.58. The average Bonchev–Trinajstić information content (AvgIpc) is 2.87. The summed E-state index contributed by atoms with van der Waals surface area (Å²) in [4.78, 5) is 45.0. The van der Waals surface area contributed by atoms with Gasteiger partial charge in [0.25, 0.3) is 11.1 Å². The van der Waals surface area contributed by atoms with Crippen LogP contribution < -0.4 is 21.3 Å². The molecule has 178 valence electrons. The number of fused-ring (bicyclic) bond motifs is 3. The van der Waals surface area contributed by atoms with Crippen LogP contribution in [0, 0.1) is 4.77 Å². The summed E-state index contributed by atoms with van der Waals surface area (Å²) in [5.41, 5.74) is -0.366. The number of rotatable bonds is 2. The van der Waals surface area contributed by atoms with Gasteiger partial charge in [0.05, 0.1) is 22.7 Å². The third kappa shape index (κ3) is 3.15. The molecule has 1 unspecified atom stereocenters. The molecule has 0 radical (unpaired) electrons. The van der Waals surface area contributed by atoms with Gasteiger partial charge in [-0.15, -0.1) is 0 Å². The molecular formula is C26H17N3O6S. The van der Waals surface area contributed by atoms with Gasteiger partial charge in [0.2, 0.25) is 5.88 Å². The van der Waals surface area contributed by atoms with Gasteiger partial charge in [-0.05, 0) is 42.6 Å². The standard InChI is InChI=1S/C26H17N3O6S/c1-29-16-8-4-2-6-12(16)22(31)20(25(29)33)18-10-14(19-23(32)27-26(36)28-24(19)35-18)15-11-34-17-9-5-3-7-13(17)21(15)30/h2-11,14,31H,1H3,(H2,27,28,32,36). The van der Waals surface area contributed by atoms with Gasteiger partial charge in [-0.3, -0.25) is 19.4 Å². The van der Waals surface area contributed by atoms with Crippen molar-refractivity contribution in [1.29, 1.82) is 0 Å². The zero-order valence-electron chi connectivity index (χ0n) is 18.7. The Morgan fingerprint density at radius 2 is 1.72 bits per heavy atom. The first-order valence-electron chi connectivity index (χ1n) is 10.9. The van der Waals surface area contributed by atoms with Gasteiger partial charge in [0.1, 0.15) is 22.7 Å². The van der Waals surface area contributed by atoms with E-state index in [0.717, 1.165) is 0 Å². The Morgan fingerprint density at radius 1 is 1.00 bits per heavy atom. The van der Waals surface area contributed by atoms with Gasteiger partial charge in [0, 0.05) is 23.9 Å². The molecular weight excluding hydrogens is 482 g/mol. The highest BCUT2D eigenvalue weighted by molar-refractivity contribution is 7.71. The topological polar surface area (TPSA) is 130 Å². The number of hydrogen-bond acceptors (Lipinski definition) is 7. The van der Waals surface area contributed by atoms with Crippen LogP contribution in [-0.4, -0.2) is 19.6 Å². The molecule has 0 spiro atoms. The fourth-order valence-corrected chi connectivity index (χ4v) is 4.79. The molecule has 0 amide bonds. The molecule has 2 aromatic carbocycles. The molecule has 0 saturated heterocycles. The minimum atomic E-state index is -0.962. The molecule has 5 aromatic rings. The monoisotopic (exact) mass is 499 g/mol. The molecule has 3 N–H and O–H groups in total. The lowest BCUT2D eigenvalue weighted by molar-refractivity contribution is 0.445. The molecule has 4 heterocycles. The third-order valence-electron chi connectivity index (χ3n) is 6.35. The molecule has 0 aliphatic carbocycles. The maximum absolute atomic E-state index is 13.4. The second-order valence-corrected chi connectivity index (χ2v) is 8.79. The highest BCUT2D eigenvalue weighted by atomic mass is 32.1. The van der Waals surface area contributed by atoms with Crippen LogP contribution in [-0.2, 0) is 7.05 Å². The van der Waals surface area contributed by atoms with E-state index in [0.29, 0.717) is 21.9 Å². The molecule has 36 heavy (non-hydrogen) atoms. The lowest BCUT2D eigenvalue weighted by Gasteiger charge is -2.24. The van der Waals surface area contributed by atoms with Crippen LogP contribution >= 0.6 is 12.2 Å². The summed E-state index contributed by atoms with van der Waals surface area (Å²) in [6.45, 7) is 0. The second-order valence-electron chi connectivity index (χ2n) is 8.38. The minimum absolute atomic E-state index is 0.0000631. The fourth-order valence-electron chi connectivity index (χ4n) is 4.61. The van der Waals surface area contributed by atoms with Gasteiger partial charge in [0.15, 0.2) is 10.2 Å². The van der Waals surface area contributed by atoms with E-state index >= 15 is 0 Å². The van der Waals surface area contributed by atoms with E-state index in [2.05, 4.69) is 9.97 Å². The normalized spacial score (nSPS) is 14.9. The number of H-pyrrole nitrogens is 2. The predicted octanol–water partition coefficient (Wildman–Crippen LogP) is 3.66. The Morgan fingerprint density at radius 3 is 2.53 bits per heavy atom. The van der Waals surface area contributed by atoms with Crippen molar-refractivity contribution in [2.75, 3.05) is 0 Å². The molecule has 9 nitrogen and oxygen atoms in total. The van der Waals surface area contributed by atoms with E-state index in [-0.39, 0.29) is 44.3 Å². The molecule has 0 fully saturated rings. The molecule has 3 aromatic heterocycles. The Bertz CT molecular complexity index is 2000. The van der Waals surface area contributed by atoms with E-state index in [9.17, 15) is 19.5 Å². The molecule has 0 saturated carbocycles. The summed E-state index contributed by atoms with van der Waals surface area (Å²) in [5, 5.41) is 11.9. The van der Waals surface area contributed by atoms with Crippen molar-refractivity contribution in [3.8, 4) is 11.6 Å². The van der Waals surface area contributed by atoms with Crippen molar-refractivity contribution < 1.29 is 14.3 Å². The van der Waals surface area contributed by atoms with Gasteiger partial charge in [-0.1, -0.05) is 24.3 Å². The quantitative estimate of drug-likeness (QED) is 0.316. The van der Waals surface area contributed by atoms with Crippen LogP contribution in [0.4, 0.5) is 0 Å². The lowest BCUT2D eigenvalue weighted by atomic mass is 9.89. The molecule has 1 aliphatic heterocycles. The maximum Gasteiger partial charge on any atom is 0.265 e. The highest BCUT2D eigenvalue weighted by Crippen LogP contribution is 2.39. The van der Waals surface area contributed by atoms with Crippen LogP contribution in [0.2, 0.25) is 0 Å². The number of aromatic nitrogens is 3. The number of benzene rings is 2.